The molecule has 0 aliphatic heterocycles. The molecule has 0 aromatic carbocycles. The number of H-pyrrole nitrogens is 1. The van der Waals surface area contributed by atoms with Crippen LogP contribution in [0.25, 0.3) is 0 Å². The summed E-state index contributed by atoms with van der Waals surface area (Å²) >= 11 is 0. The van der Waals surface area contributed by atoms with Crippen molar-refractivity contribution in [2.45, 2.75) is 44.9 Å². The van der Waals surface area contributed by atoms with Gasteiger partial charge in [-0.3, -0.25) is 14.7 Å². The number of anilines is 1. The highest BCUT2D eigenvalue weighted by molar-refractivity contribution is 5.89. The Labute approximate surface area is 118 Å². The maximum atomic E-state index is 11.7. The molecule has 1 amide bonds. The van der Waals surface area contributed by atoms with Gasteiger partial charge < -0.3 is 10.1 Å². The van der Waals surface area contributed by atoms with Gasteiger partial charge >= 0.3 is 5.97 Å². The molecule has 6 nitrogen and oxygen atoms in total. The Morgan fingerprint density at radius 2 is 2.15 bits per heavy atom. The molecule has 6 heteroatoms. The summed E-state index contributed by atoms with van der Waals surface area (Å²) in [6, 6.07) is 1.90. The standard InChI is InChI=1S/C14H21N3O3/c1-9-7-10(9)11-8-12(17-16-11)15-13(18)5-3-4-6-14(19)20-2/h8-10H,3-7H2,1-2H3,(H2,15,16,17,18)/t9-,10+/m1/s1. The average Bonchev–Trinajstić information content (AvgIpc) is 2.98. The smallest absolute Gasteiger partial charge is 0.305 e. The highest BCUT2D eigenvalue weighted by atomic mass is 16.5. The largest absolute Gasteiger partial charge is 0.469 e. The Kier molecular flexibility index (Phi) is 4.76. The topological polar surface area (TPSA) is 84.1 Å². The second kappa shape index (κ2) is 6.54. The Morgan fingerprint density at radius 1 is 1.45 bits per heavy atom. The molecule has 1 fully saturated rings. The van der Waals surface area contributed by atoms with Crippen molar-refractivity contribution in [1.82, 2.24) is 10.2 Å². The summed E-state index contributed by atoms with van der Waals surface area (Å²) in [6.45, 7) is 2.20. The molecule has 2 atom stereocenters. The molecule has 2 N–H and O–H groups in total. The first-order chi connectivity index (χ1) is 9.60. The van der Waals surface area contributed by atoms with Crippen molar-refractivity contribution in [2.75, 3.05) is 12.4 Å². The van der Waals surface area contributed by atoms with Crippen LogP contribution < -0.4 is 5.32 Å². The van der Waals surface area contributed by atoms with Crippen LogP contribution >= 0.6 is 0 Å². The molecule has 1 aromatic heterocycles. The van der Waals surface area contributed by atoms with Crippen molar-refractivity contribution in [1.29, 1.82) is 0 Å². The summed E-state index contributed by atoms with van der Waals surface area (Å²) in [5.74, 6) is 1.54. The molecule has 0 unspecified atom stereocenters. The van der Waals surface area contributed by atoms with Gasteiger partial charge in [0.2, 0.25) is 5.91 Å². The zero-order valence-corrected chi connectivity index (χ0v) is 11.9. The SMILES string of the molecule is COC(=O)CCCCC(=O)Nc1cc([C@H]2C[C@H]2C)[nH]n1. The summed E-state index contributed by atoms with van der Waals surface area (Å²) in [4.78, 5) is 22.6. The predicted molar refractivity (Wildman–Crippen MR) is 74.2 cm³/mol. The van der Waals surface area contributed by atoms with E-state index in [0.29, 0.717) is 43.3 Å². The van der Waals surface area contributed by atoms with Crippen LogP contribution in [0, 0.1) is 5.92 Å². The number of aromatic amines is 1. The molecule has 0 saturated heterocycles. The zero-order valence-electron chi connectivity index (χ0n) is 11.9. The first-order valence-electron chi connectivity index (χ1n) is 7.02. The van der Waals surface area contributed by atoms with Crippen molar-refractivity contribution >= 4 is 17.7 Å². The number of carbonyl (C=O) groups is 2. The minimum absolute atomic E-state index is 0.0724. The first kappa shape index (κ1) is 14.6. The Morgan fingerprint density at radius 3 is 2.80 bits per heavy atom. The second-order valence-electron chi connectivity index (χ2n) is 5.36. The van der Waals surface area contributed by atoms with E-state index in [2.05, 4.69) is 27.2 Å². The van der Waals surface area contributed by atoms with Crippen LogP contribution in [0.3, 0.4) is 0 Å². The molecule has 1 saturated carbocycles. The number of esters is 1. The van der Waals surface area contributed by atoms with Crippen molar-refractivity contribution in [3.05, 3.63) is 11.8 Å². The van der Waals surface area contributed by atoms with E-state index in [1.165, 1.54) is 13.5 Å². The fourth-order valence-electron chi connectivity index (χ4n) is 2.21. The fraction of sp³-hybridized carbons (Fsp3) is 0.643. The van der Waals surface area contributed by atoms with Crippen LogP contribution in [0.4, 0.5) is 5.82 Å². The van der Waals surface area contributed by atoms with Crippen LogP contribution in [0.2, 0.25) is 0 Å². The lowest BCUT2D eigenvalue weighted by molar-refractivity contribution is -0.140. The van der Waals surface area contributed by atoms with Gasteiger partial charge in [0.1, 0.15) is 0 Å². The highest BCUT2D eigenvalue weighted by Gasteiger charge is 2.35. The Balaban J connectivity index is 1.66. The number of ether oxygens (including phenoxy) is 1. The van der Waals surface area contributed by atoms with E-state index in [1.54, 1.807) is 0 Å². The predicted octanol–water partition coefficient (Wildman–Crippen LogP) is 2.20. The van der Waals surface area contributed by atoms with E-state index >= 15 is 0 Å². The number of nitrogens with one attached hydrogen (secondary N) is 2. The average molecular weight is 279 g/mol. The summed E-state index contributed by atoms with van der Waals surface area (Å²) in [5, 5.41) is 9.82. The molecule has 1 aliphatic rings. The molecule has 110 valence electrons. The summed E-state index contributed by atoms with van der Waals surface area (Å²) in [7, 11) is 1.37. The van der Waals surface area contributed by atoms with Gasteiger partial charge in [-0.2, -0.15) is 5.10 Å². The number of carbonyl (C=O) groups excluding carboxylic acids is 2. The summed E-state index contributed by atoms with van der Waals surface area (Å²) in [6.07, 6.45) is 3.25. The third-order valence-electron chi connectivity index (χ3n) is 3.64. The van der Waals surface area contributed by atoms with Crippen LogP contribution in [-0.2, 0) is 14.3 Å². The van der Waals surface area contributed by atoms with Gasteiger partial charge in [-0.25, -0.2) is 0 Å². The quantitative estimate of drug-likeness (QED) is 0.592. The number of unbranched alkanes of at least 4 members (excludes halogenated alkanes) is 1. The van der Waals surface area contributed by atoms with Crippen molar-refractivity contribution in [3.63, 3.8) is 0 Å². The number of aromatic nitrogens is 2. The second-order valence-corrected chi connectivity index (χ2v) is 5.36. The van der Waals surface area contributed by atoms with Crippen LogP contribution in [0.15, 0.2) is 6.07 Å². The van der Waals surface area contributed by atoms with E-state index < -0.39 is 0 Å². The molecule has 20 heavy (non-hydrogen) atoms. The van der Waals surface area contributed by atoms with Crippen molar-refractivity contribution in [3.8, 4) is 0 Å². The number of rotatable bonds is 7. The van der Waals surface area contributed by atoms with E-state index in [-0.39, 0.29) is 11.9 Å². The van der Waals surface area contributed by atoms with Crippen LogP contribution in [0.5, 0.6) is 0 Å². The fourth-order valence-corrected chi connectivity index (χ4v) is 2.21. The molecule has 0 spiro atoms. The monoisotopic (exact) mass is 279 g/mol. The Bertz CT molecular complexity index is 484. The Hall–Kier alpha value is -1.85. The van der Waals surface area contributed by atoms with E-state index in [9.17, 15) is 9.59 Å². The maximum Gasteiger partial charge on any atom is 0.305 e. The van der Waals surface area contributed by atoms with Crippen LogP contribution in [-0.4, -0.2) is 29.2 Å². The molecule has 1 heterocycles. The number of nitrogens with zero attached hydrogens (tertiary/aromatic N) is 1. The lowest BCUT2D eigenvalue weighted by Gasteiger charge is -2.01. The molecular weight excluding hydrogens is 258 g/mol. The minimum Gasteiger partial charge on any atom is -0.469 e. The molecule has 0 radical (unpaired) electrons. The summed E-state index contributed by atoms with van der Waals surface area (Å²) < 4.78 is 4.54. The van der Waals surface area contributed by atoms with Gasteiger partial charge in [0, 0.05) is 30.5 Å². The van der Waals surface area contributed by atoms with Gasteiger partial charge in [0.15, 0.2) is 5.82 Å². The molecule has 1 aliphatic carbocycles. The van der Waals surface area contributed by atoms with Crippen molar-refractivity contribution in [2.24, 2.45) is 5.92 Å². The molecular formula is C14H21N3O3. The van der Waals surface area contributed by atoms with Crippen molar-refractivity contribution < 1.29 is 14.3 Å². The van der Waals surface area contributed by atoms with E-state index in [1.807, 2.05) is 6.07 Å². The van der Waals surface area contributed by atoms with Gasteiger partial charge in [0.05, 0.1) is 7.11 Å². The number of methoxy groups -OCH3 is 1. The molecule has 0 bridgehead atoms. The number of hydrogen-bond acceptors (Lipinski definition) is 4. The van der Waals surface area contributed by atoms with E-state index in [0.717, 1.165) is 5.69 Å². The lowest BCUT2D eigenvalue weighted by Crippen LogP contribution is -2.11. The molecule has 2 rings (SSSR count). The van der Waals surface area contributed by atoms with E-state index in [4.69, 9.17) is 0 Å². The van der Waals surface area contributed by atoms with Gasteiger partial charge in [0.25, 0.3) is 0 Å². The third-order valence-corrected chi connectivity index (χ3v) is 3.64. The van der Waals surface area contributed by atoms with Crippen LogP contribution in [0.1, 0.15) is 50.6 Å². The minimum atomic E-state index is -0.235. The zero-order chi connectivity index (χ0) is 14.5. The maximum absolute atomic E-state index is 11.7. The normalized spacial score (nSPS) is 20.5. The third kappa shape index (κ3) is 4.08. The lowest BCUT2D eigenvalue weighted by atomic mass is 10.2. The summed E-state index contributed by atoms with van der Waals surface area (Å²) in [5.41, 5.74) is 1.10. The van der Waals surface area contributed by atoms with Gasteiger partial charge in [-0.05, 0) is 25.2 Å². The highest BCUT2D eigenvalue weighted by Crippen LogP contribution is 2.46. The number of hydrogen-bond donors (Lipinski definition) is 2. The number of amides is 1. The van der Waals surface area contributed by atoms with Gasteiger partial charge in [-0.1, -0.05) is 6.92 Å². The first-order valence-corrected chi connectivity index (χ1v) is 7.02. The van der Waals surface area contributed by atoms with Gasteiger partial charge in [-0.15, -0.1) is 0 Å². The molecule has 1 aromatic rings.